The number of para-hydroxylation sites is 2. The van der Waals surface area contributed by atoms with Crippen molar-refractivity contribution >= 4 is 39.5 Å². The molecule has 2 atom stereocenters. The van der Waals surface area contributed by atoms with Gasteiger partial charge >= 0.3 is 0 Å². The third kappa shape index (κ3) is 5.87. The molecule has 1 aliphatic rings. The van der Waals surface area contributed by atoms with Gasteiger partial charge in [0.2, 0.25) is 6.29 Å². The second-order valence-corrected chi connectivity index (χ2v) is 8.90. The van der Waals surface area contributed by atoms with Crippen LogP contribution in [0, 0.1) is 3.57 Å². The van der Waals surface area contributed by atoms with E-state index in [2.05, 4.69) is 62.1 Å². The fourth-order valence-electron chi connectivity index (χ4n) is 3.63. The smallest absolute Gasteiger partial charge is 0.286 e. The monoisotopic (exact) mass is 547 g/mol. The number of rotatable bonds is 9. The molecule has 0 fully saturated rings. The van der Waals surface area contributed by atoms with Crippen LogP contribution in [0.4, 0.5) is 0 Å². The van der Waals surface area contributed by atoms with E-state index in [1.165, 1.54) is 0 Å². The molecular weight excluding hydrogens is 521 g/mol. The number of aromatic nitrogens is 2. The Morgan fingerprint density at radius 2 is 2.03 bits per heavy atom. The average molecular weight is 547 g/mol. The largest absolute Gasteiger partial charge is 0.459 e. The molecule has 0 aliphatic carbocycles. The summed E-state index contributed by atoms with van der Waals surface area (Å²) in [7, 11) is 0. The lowest BCUT2D eigenvalue weighted by molar-refractivity contribution is -0.146. The maximum absolute atomic E-state index is 12.9. The lowest BCUT2D eigenvalue weighted by Crippen LogP contribution is -2.33. The Hall–Kier alpha value is -2.43. The molecule has 4 rings (SSSR count). The number of nitrogens with one attached hydrogen (secondary N) is 2. The zero-order chi connectivity index (χ0) is 22.3. The first-order valence-corrected chi connectivity index (χ1v) is 11.8. The van der Waals surface area contributed by atoms with Gasteiger partial charge in [0.15, 0.2) is 5.76 Å². The number of halogens is 1. The standard InChI is InChI=1S/C24H26IN3O4/c25-18-9-7-16(8-10-18)17-13-21(32-23(14-17)31-12-4-3-11-29)24(30)26-15-22-27-19-5-1-2-6-20(19)28-22/h1-2,5-10,13,17,23,29H,3-4,11-12,14-15H2,(H,26,30)(H,27,28)/t17-,23+/m0/s1. The molecule has 1 aliphatic heterocycles. The maximum atomic E-state index is 12.9. The molecule has 0 spiro atoms. The van der Waals surface area contributed by atoms with Gasteiger partial charge in [0, 0.05) is 22.5 Å². The summed E-state index contributed by atoms with van der Waals surface area (Å²) >= 11 is 2.28. The zero-order valence-electron chi connectivity index (χ0n) is 17.6. The number of hydrogen-bond acceptors (Lipinski definition) is 5. The highest BCUT2D eigenvalue weighted by molar-refractivity contribution is 14.1. The van der Waals surface area contributed by atoms with Crippen LogP contribution >= 0.6 is 22.6 Å². The molecule has 1 aromatic heterocycles. The summed E-state index contributed by atoms with van der Waals surface area (Å²) in [6.07, 6.45) is 3.38. The number of aliphatic hydroxyl groups is 1. The molecule has 0 radical (unpaired) electrons. The van der Waals surface area contributed by atoms with E-state index >= 15 is 0 Å². The van der Waals surface area contributed by atoms with Crippen LogP contribution in [0.25, 0.3) is 11.0 Å². The molecule has 3 N–H and O–H groups in total. The fourth-order valence-corrected chi connectivity index (χ4v) is 3.99. The van der Waals surface area contributed by atoms with Crippen LogP contribution in [0.2, 0.25) is 0 Å². The second-order valence-electron chi connectivity index (χ2n) is 7.66. The van der Waals surface area contributed by atoms with Crippen LogP contribution in [0.5, 0.6) is 0 Å². The van der Waals surface area contributed by atoms with Crippen LogP contribution in [0.1, 0.15) is 36.6 Å². The Labute approximate surface area is 200 Å². The van der Waals surface area contributed by atoms with Crippen LogP contribution < -0.4 is 5.32 Å². The number of aromatic amines is 1. The van der Waals surface area contributed by atoms with Crippen LogP contribution in [0.15, 0.2) is 60.4 Å². The number of aliphatic hydroxyl groups excluding tert-OH is 1. The highest BCUT2D eigenvalue weighted by Crippen LogP contribution is 2.32. The summed E-state index contributed by atoms with van der Waals surface area (Å²) in [5.74, 6) is 0.644. The Bertz CT molecular complexity index is 1050. The number of ether oxygens (including phenoxy) is 2. The van der Waals surface area contributed by atoms with E-state index in [-0.39, 0.29) is 30.7 Å². The third-order valence-electron chi connectivity index (χ3n) is 5.29. The first-order chi connectivity index (χ1) is 15.6. The molecule has 2 aromatic carbocycles. The average Bonchev–Trinajstić information content (AvgIpc) is 3.24. The summed E-state index contributed by atoms with van der Waals surface area (Å²) in [5.41, 5.74) is 2.90. The molecule has 0 bridgehead atoms. The van der Waals surface area contributed by atoms with E-state index in [0.717, 1.165) is 26.6 Å². The van der Waals surface area contributed by atoms with Crippen molar-refractivity contribution in [2.45, 2.75) is 38.0 Å². The van der Waals surface area contributed by atoms with Gasteiger partial charge in [-0.3, -0.25) is 4.79 Å². The Kier molecular flexibility index (Phi) is 7.77. The van der Waals surface area contributed by atoms with Gasteiger partial charge in [0.1, 0.15) is 5.82 Å². The molecule has 7 nitrogen and oxygen atoms in total. The summed E-state index contributed by atoms with van der Waals surface area (Å²) < 4.78 is 12.9. The third-order valence-corrected chi connectivity index (χ3v) is 6.01. The van der Waals surface area contributed by atoms with Crippen molar-refractivity contribution in [3.05, 3.63) is 75.3 Å². The fraction of sp³-hybridized carbons (Fsp3) is 0.333. The number of unbranched alkanes of at least 4 members (excludes halogenated alkanes) is 1. The Morgan fingerprint density at radius 3 is 2.81 bits per heavy atom. The second kappa shape index (κ2) is 10.9. The summed E-state index contributed by atoms with van der Waals surface area (Å²) in [6.45, 7) is 0.873. The number of fused-ring (bicyclic) bond motifs is 1. The topological polar surface area (TPSA) is 96.5 Å². The molecular formula is C24H26IN3O4. The molecule has 0 saturated heterocycles. The van der Waals surface area contributed by atoms with Gasteiger partial charge in [-0.05, 0) is 71.3 Å². The number of carbonyl (C=O) groups is 1. The number of imidazole rings is 1. The summed E-state index contributed by atoms with van der Waals surface area (Å²) in [6, 6.07) is 16.0. The minimum atomic E-state index is -0.519. The predicted molar refractivity (Wildman–Crippen MR) is 130 cm³/mol. The molecule has 2 heterocycles. The van der Waals surface area contributed by atoms with Gasteiger partial charge in [-0.2, -0.15) is 0 Å². The van der Waals surface area contributed by atoms with Crippen LogP contribution in [0.3, 0.4) is 0 Å². The van der Waals surface area contributed by atoms with E-state index in [9.17, 15) is 4.79 Å². The summed E-state index contributed by atoms with van der Waals surface area (Å²) in [5, 5.41) is 11.9. The van der Waals surface area contributed by atoms with E-state index in [1.54, 1.807) is 0 Å². The Balaban J connectivity index is 1.45. The number of hydrogen-bond donors (Lipinski definition) is 3. The minimum Gasteiger partial charge on any atom is -0.459 e. The van der Waals surface area contributed by atoms with Gasteiger partial charge in [-0.15, -0.1) is 0 Å². The van der Waals surface area contributed by atoms with Gasteiger partial charge in [0.25, 0.3) is 5.91 Å². The van der Waals surface area contributed by atoms with Gasteiger partial charge < -0.3 is 24.9 Å². The predicted octanol–water partition coefficient (Wildman–Crippen LogP) is 3.99. The number of H-pyrrole nitrogens is 1. The first-order valence-electron chi connectivity index (χ1n) is 10.7. The van der Waals surface area contributed by atoms with Crippen molar-refractivity contribution in [2.75, 3.05) is 13.2 Å². The maximum Gasteiger partial charge on any atom is 0.286 e. The molecule has 8 heteroatoms. The SMILES string of the molecule is O=C(NCc1nc2ccccc2[nH]1)C1=C[C@H](c2ccc(I)cc2)C[C@H](OCCCCO)O1. The lowest BCUT2D eigenvalue weighted by Gasteiger charge is -2.29. The van der Waals surface area contributed by atoms with Crippen LogP contribution in [-0.4, -0.2) is 40.5 Å². The molecule has 0 saturated carbocycles. The molecule has 32 heavy (non-hydrogen) atoms. The normalized spacial score (nSPS) is 18.2. The van der Waals surface area contributed by atoms with Crippen molar-refractivity contribution in [2.24, 2.45) is 0 Å². The van der Waals surface area contributed by atoms with Crippen LogP contribution in [-0.2, 0) is 20.8 Å². The van der Waals surface area contributed by atoms with Crippen molar-refractivity contribution < 1.29 is 19.4 Å². The quantitative estimate of drug-likeness (QED) is 0.278. The van der Waals surface area contributed by atoms with E-state index in [4.69, 9.17) is 14.6 Å². The number of allylic oxidation sites excluding steroid dienone is 1. The molecule has 3 aromatic rings. The first kappa shape index (κ1) is 22.8. The van der Waals surface area contributed by atoms with Gasteiger partial charge in [-0.1, -0.05) is 24.3 Å². The highest BCUT2D eigenvalue weighted by Gasteiger charge is 2.28. The Morgan fingerprint density at radius 1 is 1.22 bits per heavy atom. The zero-order valence-corrected chi connectivity index (χ0v) is 19.7. The van der Waals surface area contributed by atoms with Crippen molar-refractivity contribution in [1.29, 1.82) is 0 Å². The number of nitrogens with zero attached hydrogens (tertiary/aromatic N) is 1. The number of carbonyl (C=O) groups excluding carboxylic acids is 1. The van der Waals surface area contributed by atoms with Gasteiger partial charge in [-0.25, -0.2) is 4.98 Å². The van der Waals surface area contributed by atoms with E-state index in [0.29, 0.717) is 25.3 Å². The molecule has 0 unspecified atom stereocenters. The van der Waals surface area contributed by atoms with E-state index in [1.807, 2.05) is 30.3 Å². The minimum absolute atomic E-state index is 0.00976. The highest BCUT2D eigenvalue weighted by atomic mass is 127. The number of amides is 1. The van der Waals surface area contributed by atoms with Crippen molar-refractivity contribution in [3.8, 4) is 0 Å². The number of benzene rings is 2. The summed E-state index contributed by atoms with van der Waals surface area (Å²) in [4.78, 5) is 20.6. The molecule has 1 amide bonds. The lowest BCUT2D eigenvalue weighted by atomic mass is 9.93. The van der Waals surface area contributed by atoms with E-state index < -0.39 is 6.29 Å². The van der Waals surface area contributed by atoms with Crippen molar-refractivity contribution in [1.82, 2.24) is 15.3 Å². The van der Waals surface area contributed by atoms with Crippen molar-refractivity contribution in [3.63, 3.8) is 0 Å². The van der Waals surface area contributed by atoms with Gasteiger partial charge in [0.05, 0.1) is 24.2 Å². The molecule has 168 valence electrons.